The SMILES string of the molecule is CC(C)c1[nH]nc(C(=O)NC2CCC(C)C2C)c1N. The molecule has 1 fully saturated rings. The van der Waals surface area contributed by atoms with Crippen molar-refractivity contribution in [1.82, 2.24) is 15.5 Å². The molecule has 1 aliphatic rings. The number of rotatable bonds is 3. The van der Waals surface area contributed by atoms with Gasteiger partial charge in [0.15, 0.2) is 5.69 Å². The summed E-state index contributed by atoms with van der Waals surface area (Å²) in [5.74, 6) is 1.24. The van der Waals surface area contributed by atoms with Crippen molar-refractivity contribution in [1.29, 1.82) is 0 Å². The molecular weight excluding hydrogens is 240 g/mol. The summed E-state index contributed by atoms with van der Waals surface area (Å²) in [6, 6.07) is 0.237. The second-order valence-corrected chi connectivity index (χ2v) is 6.05. The van der Waals surface area contributed by atoms with Crippen LogP contribution in [0.5, 0.6) is 0 Å². The normalized spacial score (nSPS) is 26.9. The van der Waals surface area contributed by atoms with Crippen molar-refractivity contribution in [2.45, 2.75) is 52.5 Å². The zero-order valence-corrected chi connectivity index (χ0v) is 12.2. The molecule has 0 spiro atoms. The number of nitrogens with two attached hydrogens (primary N) is 1. The Kier molecular flexibility index (Phi) is 3.83. The maximum atomic E-state index is 12.2. The minimum absolute atomic E-state index is 0.161. The smallest absolute Gasteiger partial charge is 0.274 e. The maximum Gasteiger partial charge on any atom is 0.274 e. The molecule has 0 aliphatic heterocycles. The van der Waals surface area contributed by atoms with Gasteiger partial charge in [-0.1, -0.05) is 27.7 Å². The number of nitrogens with zero attached hydrogens (tertiary/aromatic N) is 1. The van der Waals surface area contributed by atoms with Crippen LogP contribution in [0.2, 0.25) is 0 Å². The molecule has 1 heterocycles. The molecule has 0 radical (unpaired) electrons. The van der Waals surface area contributed by atoms with E-state index in [0.29, 0.717) is 23.2 Å². The van der Waals surface area contributed by atoms with Crippen molar-refractivity contribution in [2.24, 2.45) is 11.8 Å². The van der Waals surface area contributed by atoms with Crippen LogP contribution >= 0.6 is 0 Å². The third-order valence-electron chi connectivity index (χ3n) is 4.41. The topological polar surface area (TPSA) is 83.8 Å². The van der Waals surface area contributed by atoms with Crippen molar-refractivity contribution in [3.63, 3.8) is 0 Å². The fraction of sp³-hybridized carbons (Fsp3) is 0.714. The van der Waals surface area contributed by atoms with Gasteiger partial charge >= 0.3 is 0 Å². The van der Waals surface area contributed by atoms with Crippen LogP contribution in [0.1, 0.15) is 62.6 Å². The average molecular weight is 264 g/mol. The first-order valence-electron chi connectivity index (χ1n) is 7.06. The van der Waals surface area contributed by atoms with Gasteiger partial charge in [0.1, 0.15) is 0 Å². The van der Waals surface area contributed by atoms with Crippen molar-refractivity contribution in [3.8, 4) is 0 Å². The Morgan fingerprint density at radius 3 is 2.58 bits per heavy atom. The molecule has 106 valence electrons. The summed E-state index contributed by atoms with van der Waals surface area (Å²) < 4.78 is 0. The predicted molar refractivity (Wildman–Crippen MR) is 75.9 cm³/mol. The minimum Gasteiger partial charge on any atom is -0.395 e. The fourth-order valence-electron chi connectivity index (χ4n) is 2.78. The number of aromatic nitrogens is 2. The van der Waals surface area contributed by atoms with Gasteiger partial charge in [0.2, 0.25) is 0 Å². The van der Waals surface area contributed by atoms with Crippen molar-refractivity contribution in [2.75, 3.05) is 5.73 Å². The lowest BCUT2D eigenvalue weighted by atomic mass is 9.98. The van der Waals surface area contributed by atoms with E-state index in [2.05, 4.69) is 29.4 Å². The second-order valence-electron chi connectivity index (χ2n) is 6.05. The molecule has 3 unspecified atom stereocenters. The minimum atomic E-state index is -0.161. The third-order valence-corrected chi connectivity index (χ3v) is 4.41. The summed E-state index contributed by atoms with van der Waals surface area (Å²) in [6.45, 7) is 8.46. The van der Waals surface area contributed by atoms with E-state index < -0.39 is 0 Å². The Hall–Kier alpha value is -1.52. The Morgan fingerprint density at radius 1 is 1.42 bits per heavy atom. The Labute approximate surface area is 114 Å². The van der Waals surface area contributed by atoms with E-state index in [1.54, 1.807) is 0 Å². The van der Waals surface area contributed by atoms with Crippen LogP contribution in [0.25, 0.3) is 0 Å². The number of anilines is 1. The first-order chi connectivity index (χ1) is 8.91. The molecule has 1 aliphatic carbocycles. The van der Waals surface area contributed by atoms with E-state index in [4.69, 9.17) is 5.73 Å². The number of amides is 1. The number of carbonyl (C=O) groups excluding carboxylic acids is 1. The molecule has 2 rings (SSSR count). The van der Waals surface area contributed by atoms with Crippen LogP contribution < -0.4 is 11.1 Å². The lowest BCUT2D eigenvalue weighted by molar-refractivity contribution is 0.0923. The number of nitrogens with one attached hydrogen (secondary N) is 2. The van der Waals surface area contributed by atoms with E-state index >= 15 is 0 Å². The number of H-pyrrole nitrogens is 1. The molecule has 5 nitrogen and oxygen atoms in total. The number of nitrogen functional groups attached to an aromatic ring is 1. The standard InChI is InChI=1S/C14H24N4O/c1-7(2)12-11(15)13(18-17-12)14(19)16-10-6-5-8(3)9(10)4/h7-10H,5-6,15H2,1-4H3,(H,16,19)(H,17,18). The highest BCUT2D eigenvalue weighted by atomic mass is 16.2. The highest BCUT2D eigenvalue weighted by Crippen LogP contribution is 2.31. The van der Waals surface area contributed by atoms with Crippen LogP contribution in [0.15, 0.2) is 0 Å². The van der Waals surface area contributed by atoms with Gasteiger partial charge in [-0.15, -0.1) is 0 Å². The van der Waals surface area contributed by atoms with E-state index in [1.807, 2.05) is 13.8 Å². The molecule has 3 atom stereocenters. The first-order valence-corrected chi connectivity index (χ1v) is 7.06. The highest BCUT2D eigenvalue weighted by molar-refractivity contribution is 5.97. The zero-order chi connectivity index (χ0) is 14.2. The van der Waals surface area contributed by atoms with Gasteiger partial charge in [0.25, 0.3) is 5.91 Å². The fourth-order valence-corrected chi connectivity index (χ4v) is 2.78. The van der Waals surface area contributed by atoms with Crippen molar-refractivity contribution >= 4 is 11.6 Å². The summed E-state index contributed by atoms with van der Waals surface area (Å²) >= 11 is 0. The number of hydrogen-bond acceptors (Lipinski definition) is 3. The maximum absolute atomic E-state index is 12.2. The monoisotopic (exact) mass is 264 g/mol. The van der Waals surface area contributed by atoms with Gasteiger partial charge < -0.3 is 11.1 Å². The van der Waals surface area contributed by atoms with Crippen molar-refractivity contribution < 1.29 is 4.79 Å². The van der Waals surface area contributed by atoms with E-state index in [0.717, 1.165) is 12.1 Å². The van der Waals surface area contributed by atoms with Crippen LogP contribution in [0.3, 0.4) is 0 Å². The molecular formula is C14H24N4O. The lowest BCUT2D eigenvalue weighted by Crippen LogP contribution is -2.37. The Balaban J connectivity index is 2.08. The molecule has 0 saturated heterocycles. The molecule has 1 aromatic heterocycles. The quantitative estimate of drug-likeness (QED) is 0.783. The number of aromatic amines is 1. The van der Waals surface area contributed by atoms with Crippen LogP contribution in [-0.2, 0) is 0 Å². The zero-order valence-electron chi connectivity index (χ0n) is 12.2. The van der Waals surface area contributed by atoms with Gasteiger partial charge in [0.05, 0.1) is 11.4 Å². The van der Waals surface area contributed by atoms with Gasteiger partial charge in [0, 0.05) is 6.04 Å². The second kappa shape index (κ2) is 5.23. The summed E-state index contributed by atoms with van der Waals surface area (Å²) in [7, 11) is 0. The molecule has 1 saturated carbocycles. The van der Waals surface area contributed by atoms with Gasteiger partial charge in [-0.2, -0.15) is 5.10 Å². The van der Waals surface area contributed by atoms with E-state index in [-0.39, 0.29) is 17.9 Å². The molecule has 0 bridgehead atoms. The predicted octanol–water partition coefficient (Wildman–Crippen LogP) is 2.28. The molecule has 4 N–H and O–H groups in total. The summed E-state index contributed by atoms with van der Waals surface area (Å²) in [4.78, 5) is 12.2. The molecule has 19 heavy (non-hydrogen) atoms. The van der Waals surface area contributed by atoms with Crippen LogP contribution in [0.4, 0.5) is 5.69 Å². The van der Waals surface area contributed by atoms with Gasteiger partial charge in [-0.25, -0.2) is 0 Å². The molecule has 0 aromatic carbocycles. The number of hydrogen-bond donors (Lipinski definition) is 3. The Morgan fingerprint density at radius 2 is 2.11 bits per heavy atom. The lowest BCUT2D eigenvalue weighted by Gasteiger charge is -2.19. The molecule has 1 amide bonds. The van der Waals surface area contributed by atoms with Gasteiger partial charge in [-0.3, -0.25) is 9.89 Å². The molecule has 5 heteroatoms. The van der Waals surface area contributed by atoms with E-state index in [1.165, 1.54) is 6.42 Å². The summed E-state index contributed by atoms with van der Waals surface area (Å²) in [5.41, 5.74) is 7.63. The Bertz CT molecular complexity index is 466. The number of carbonyl (C=O) groups is 1. The summed E-state index contributed by atoms with van der Waals surface area (Å²) in [5, 5.41) is 9.99. The van der Waals surface area contributed by atoms with Crippen LogP contribution in [-0.4, -0.2) is 22.1 Å². The van der Waals surface area contributed by atoms with Gasteiger partial charge in [-0.05, 0) is 30.6 Å². The third kappa shape index (κ3) is 2.60. The average Bonchev–Trinajstić information content (AvgIpc) is 2.87. The summed E-state index contributed by atoms with van der Waals surface area (Å²) in [6.07, 6.45) is 2.20. The first kappa shape index (κ1) is 13.9. The van der Waals surface area contributed by atoms with E-state index in [9.17, 15) is 4.79 Å². The molecule has 1 aromatic rings. The largest absolute Gasteiger partial charge is 0.395 e. The van der Waals surface area contributed by atoms with Crippen molar-refractivity contribution in [3.05, 3.63) is 11.4 Å². The van der Waals surface area contributed by atoms with Crippen LogP contribution in [0, 0.1) is 11.8 Å². The highest BCUT2D eigenvalue weighted by Gasteiger charge is 2.32.